The second-order valence-electron chi connectivity index (χ2n) is 17.1. The van der Waals surface area contributed by atoms with Gasteiger partial charge in [-0.2, -0.15) is 0 Å². The van der Waals surface area contributed by atoms with E-state index >= 15 is 0 Å². The molecule has 0 fully saturated rings. The van der Waals surface area contributed by atoms with E-state index in [2.05, 4.69) is 118 Å². The van der Waals surface area contributed by atoms with Crippen LogP contribution in [0.5, 0.6) is 23.0 Å². The third-order valence-corrected chi connectivity index (χ3v) is 12.2. The molecule has 4 N–H and O–H groups in total. The maximum atomic E-state index is 12.3. The molecular weight excluding hydrogens is 817 g/mol. The van der Waals surface area contributed by atoms with Gasteiger partial charge in [-0.3, -0.25) is 9.97 Å². The summed E-state index contributed by atoms with van der Waals surface area (Å²) in [5.41, 5.74) is 13.4. The molecule has 1 aliphatic rings. The fourth-order valence-electron chi connectivity index (χ4n) is 8.88. The molecule has 2 heterocycles. The second kappa shape index (κ2) is 21.6. The quantitative estimate of drug-likeness (QED) is 0.0711. The van der Waals surface area contributed by atoms with Crippen molar-refractivity contribution in [3.8, 4) is 23.0 Å². The van der Waals surface area contributed by atoms with Crippen LogP contribution in [0.1, 0.15) is 78.1 Å². The van der Waals surface area contributed by atoms with E-state index in [0.29, 0.717) is 52.0 Å². The van der Waals surface area contributed by atoms with Crippen molar-refractivity contribution >= 4 is 0 Å². The van der Waals surface area contributed by atoms with Gasteiger partial charge in [0.25, 0.3) is 0 Å². The molecule has 0 aliphatic heterocycles. The van der Waals surface area contributed by atoms with E-state index in [1.54, 1.807) is 0 Å². The van der Waals surface area contributed by atoms with Crippen LogP contribution in [-0.2, 0) is 64.8 Å². The normalized spacial score (nSPS) is 12.1. The summed E-state index contributed by atoms with van der Waals surface area (Å²) in [4.78, 5) is 9.01. The van der Waals surface area contributed by atoms with Gasteiger partial charge in [-0.15, -0.1) is 0 Å². The Morgan fingerprint density at radius 2 is 0.758 bits per heavy atom. The third-order valence-electron chi connectivity index (χ3n) is 12.2. The lowest BCUT2D eigenvalue weighted by Gasteiger charge is -2.22. The van der Waals surface area contributed by atoms with E-state index in [-0.39, 0.29) is 11.5 Å². The lowest BCUT2D eigenvalue weighted by Crippen LogP contribution is -2.17. The molecule has 332 valence electrons. The van der Waals surface area contributed by atoms with Crippen molar-refractivity contribution in [1.29, 1.82) is 0 Å². The Bertz CT molecular complexity index is 2550. The van der Waals surface area contributed by atoms with Crippen LogP contribution >= 0.6 is 0 Å². The first-order valence-corrected chi connectivity index (χ1v) is 23.0. The van der Waals surface area contributed by atoms with Crippen LogP contribution in [0, 0.1) is 0 Å². The molecular formula is C58H56N4O4. The minimum Gasteiger partial charge on any atom is -0.507 e. The summed E-state index contributed by atoms with van der Waals surface area (Å²) < 4.78 is 13.6. The molecule has 1 aliphatic carbocycles. The number of nitrogens with zero attached hydrogens (tertiary/aromatic N) is 2. The monoisotopic (exact) mass is 872 g/mol. The molecule has 8 heteroatoms. The van der Waals surface area contributed by atoms with Gasteiger partial charge in [-0.05, 0) is 91.0 Å². The van der Waals surface area contributed by atoms with E-state index in [4.69, 9.17) is 9.47 Å². The van der Waals surface area contributed by atoms with E-state index in [1.807, 2.05) is 73.1 Å². The predicted molar refractivity (Wildman–Crippen MR) is 261 cm³/mol. The highest BCUT2D eigenvalue weighted by atomic mass is 16.5. The van der Waals surface area contributed by atoms with Crippen molar-refractivity contribution in [2.75, 3.05) is 13.1 Å². The molecule has 0 atom stereocenters. The summed E-state index contributed by atoms with van der Waals surface area (Å²) >= 11 is 0. The third kappa shape index (κ3) is 11.3. The minimum atomic E-state index is 0.265. The Morgan fingerprint density at radius 1 is 0.394 bits per heavy atom. The number of nitrogens with one attached hydrogen (secondary N) is 2. The number of pyridine rings is 2. The van der Waals surface area contributed by atoms with Crippen molar-refractivity contribution in [2.45, 2.75) is 64.8 Å². The smallest absolute Gasteiger partial charge is 0.126 e. The van der Waals surface area contributed by atoms with Crippen LogP contribution < -0.4 is 20.1 Å². The van der Waals surface area contributed by atoms with Crippen LogP contribution in [0.25, 0.3) is 0 Å². The first-order valence-electron chi connectivity index (χ1n) is 23.0. The maximum Gasteiger partial charge on any atom is 0.126 e. The average Bonchev–Trinajstić information content (AvgIpc) is 3.35. The lowest BCUT2D eigenvalue weighted by atomic mass is 9.89. The van der Waals surface area contributed by atoms with Gasteiger partial charge in [0.2, 0.25) is 0 Å². The molecule has 6 aromatic carbocycles. The topological polar surface area (TPSA) is 109 Å². The average molecular weight is 873 g/mol. The zero-order chi connectivity index (χ0) is 44.9. The molecule has 8 bridgehead atoms. The number of aromatic hydroxyl groups is 2. The van der Waals surface area contributed by atoms with E-state index in [9.17, 15) is 10.2 Å². The summed E-state index contributed by atoms with van der Waals surface area (Å²) in [6, 6.07) is 53.4. The molecule has 8 nitrogen and oxygen atoms in total. The molecule has 0 radical (unpaired) electrons. The number of ether oxygens (including phenoxy) is 2. The zero-order valence-electron chi connectivity index (χ0n) is 37.3. The Labute approximate surface area is 388 Å². The molecule has 66 heavy (non-hydrogen) atoms. The van der Waals surface area contributed by atoms with Gasteiger partial charge in [0.05, 0.1) is 0 Å². The highest BCUT2D eigenvalue weighted by Gasteiger charge is 2.22. The lowest BCUT2D eigenvalue weighted by molar-refractivity contribution is 0.300. The molecule has 9 rings (SSSR count). The first kappa shape index (κ1) is 44.0. The molecule has 8 aromatic rings. The minimum absolute atomic E-state index is 0.265. The van der Waals surface area contributed by atoms with Gasteiger partial charge >= 0.3 is 0 Å². The van der Waals surface area contributed by atoms with E-state index < -0.39 is 0 Å². The Morgan fingerprint density at radius 3 is 1.11 bits per heavy atom. The fourth-order valence-corrected chi connectivity index (χ4v) is 8.88. The summed E-state index contributed by atoms with van der Waals surface area (Å²) in [5.74, 6) is 2.05. The standard InChI is InChI=1S/C58H56N4O4/c63-55-49-29-43(37-59-27-23-53-21-7-9-25-61-53)31-51(55)35-47-19-12-20-48(58(47)66-40-42-15-5-2-6-16-42)36-52-32-44(38-60-28-24-54-22-8-10-26-62-54)30-50(56(52)64)34-46-18-11-17-45(33-49)57(46)65-39-41-13-3-1-4-14-41/h1-22,25-26,29-32,59-60,63-64H,23-24,27-28,33-40H2. The number of phenolic OH excluding ortho intramolecular Hbond substituents is 2. The van der Waals surface area contributed by atoms with Gasteiger partial charge in [0.15, 0.2) is 0 Å². The summed E-state index contributed by atoms with van der Waals surface area (Å²) in [5, 5.41) is 31.9. The molecule has 0 saturated heterocycles. The molecule has 0 spiro atoms. The second-order valence-corrected chi connectivity index (χ2v) is 17.1. The largest absolute Gasteiger partial charge is 0.507 e. The van der Waals surface area contributed by atoms with Crippen LogP contribution in [-0.4, -0.2) is 33.3 Å². The molecule has 0 unspecified atom stereocenters. The maximum absolute atomic E-state index is 12.3. The number of aromatic nitrogens is 2. The van der Waals surface area contributed by atoms with Crippen LogP contribution in [0.4, 0.5) is 0 Å². The van der Waals surface area contributed by atoms with Gasteiger partial charge in [0, 0.05) is 88.5 Å². The number of hydrogen-bond acceptors (Lipinski definition) is 8. The van der Waals surface area contributed by atoms with Gasteiger partial charge in [0.1, 0.15) is 36.2 Å². The summed E-state index contributed by atoms with van der Waals surface area (Å²) in [6.45, 7) is 3.52. The predicted octanol–water partition coefficient (Wildman–Crippen LogP) is 10.4. The first-order chi connectivity index (χ1) is 32.5. The van der Waals surface area contributed by atoms with Crippen LogP contribution in [0.3, 0.4) is 0 Å². The Hall–Kier alpha value is -7.26. The number of fused-ring (bicyclic) bond motifs is 8. The summed E-state index contributed by atoms with van der Waals surface area (Å²) in [6.07, 6.45) is 7.03. The number of phenols is 2. The van der Waals surface area contributed by atoms with Crippen LogP contribution in [0.15, 0.2) is 170 Å². The number of para-hydroxylation sites is 2. The number of benzene rings is 6. The number of hydrogen-bond donors (Lipinski definition) is 4. The Kier molecular flexibility index (Phi) is 14.4. The highest BCUT2D eigenvalue weighted by Crippen LogP contribution is 2.39. The fraction of sp³-hybridized carbons (Fsp3) is 0.207. The van der Waals surface area contributed by atoms with Crippen LogP contribution in [0.2, 0.25) is 0 Å². The highest BCUT2D eigenvalue weighted by molar-refractivity contribution is 5.57. The SMILES string of the molecule is Oc1c2cc(CNCCc3ccccn3)cc1Cc1cccc(c1OCc1ccccc1)Cc1cc(CNCCc3ccccn3)cc(c1O)Cc1cccc(c1OCc1ccccc1)C2. The van der Waals surface area contributed by atoms with Gasteiger partial charge < -0.3 is 30.3 Å². The molecule has 2 aromatic heterocycles. The van der Waals surface area contributed by atoms with Crippen molar-refractivity contribution in [3.63, 3.8) is 0 Å². The summed E-state index contributed by atoms with van der Waals surface area (Å²) in [7, 11) is 0. The van der Waals surface area contributed by atoms with Gasteiger partial charge in [-0.25, -0.2) is 0 Å². The van der Waals surface area contributed by atoms with Crippen molar-refractivity contribution in [2.24, 2.45) is 0 Å². The van der Waals surface area contributed by atoms with Gasteiger partial charge in [-0.1, -0.05) is 133 Å². The van der Waals surface area contributed by atoms with E-state index in [0.717, 1.165) is 116 Å². The molecule has 0 amide bonds. The molecule has 0 saturated carbocycles. The zero-order valence-corrected chi connectivity index (χ0v) is 37.3. The van der Waals surface area contributed by atoms with E-state index in [1.165, 1.54) is 0 Å². The van der Waals surface area contributed by atoms with Crippen molar-refractivity contribution in [1.82, 2.24) is 20.6 Å². The van der Waals surface area contributed by atoms with Crippen molar-refractivity contribution in [3.05, 3.63) is 248 Å². The number of rotatable bonds is 16. The van der Waals surface area contributed by atoms with Crippen molar-refractivity contribution < 1.29 is 19.7 Å². The Balaban J connectivity index is 1.13.